The number of carbonyl (C=O) groups is 1. The predicted octanol–water partition coefficient (Wildman–Crippen LogP) is 2.16. The summed E-state index contributed by atoms with van der Waals surface area (Å²) in [6.45, 7) is 4.96. The first kappa shape index (κ1) is 23.4. The lowest BCUT2D eigenvalue weighted by atomic mass is 9.84. The number of anilines is 2. The molecule has 1 aliphatic carbocycles. The molecule has 170 valence electrons. The Morgan fingerprint density at radius 3 is 2.52 bits per heavy atom. The highest BCUT2D eigenvalue weighted by molar-refractivity contribution is 7.92. The van der Waals surface area contributed by atoms with Gasteiger partial charge in [-0.3, -0.25) is 14.4 Å². The Kier molecular flexibility index (Phi) is 8.15. The van der Waals surface area contributed by atoms with Crippen LogP contribution in [0.15, 0.2) is 24.3 Å². The minimum Gasteiger partial charge on any atom is -0.369 e. The largest absolute Gasteiger partial charge is 0.369 e. The molecule has 1 aliphatic heterocycles. The summed E-state index contributed by atoms with van der Waals surface area (Å²) >= 11 is 0. The molecule has 1 saturated carbocycles. The highest BCUT2D eigenvalue weighted by Gasteiger charge is 2.24. The third-order valence-corrected chi connectivity index (χ3v) is 6.80. The van der Waals surface area contributed by atoms with E-state index in [1.54, 1.807) is 6.07 Å². The molecule has 0 radical (unpaired) electrons. The van der Waals surface area contributed by atoms with Crippen molar-refractivity contribution in [3.05, 3.63) is 24.3 Å². The van der Waals surface area contributed by atoms with Crippen LogP contribution in [0.5, 0.6) is 0 Å². The first-order valence-electron chi connectivity index (χ1n) is 11.0. The molecule has 8 nitrogen and oxygen atoms in total. The molecule has 0 bridgehead atoms. The van der Waals surface area contributed by atoms with Crippen LogP contribution in [0.3, 0.4) is 0 Å². The van der Waals surface area contributed by atoms with Crippen LogP contribution in [-0.4, -0.2) is 64.2 Å². The van der Waals surface area contributed by atoms with Gasteiger partial charge in [-0.1, -0.05) is 6.07 Å². The number of nitrogens with zero attached hydrogens (tertiary/aromatic N) is 3. The summed E-state index contributed by atoms with van der Waals surface area (Å²) in [5, 5.41) is 11.6. The van der Waals surface area contributed by atoms with Crippen molar-refractivity contribution in [2.75, 3.05) is 48.6 Å². The summed E-state index contributed by atoms with van der Waals surface area (Å²) < 4.78 is 25.5. The van der Waals surface area contributed by atoms with E-state index in [0.717, 1.165) is 70.4 Å². The van der Waals surface area contributed by atoms with Gasteiger partial charge in [0.1, 0.15) is 6.42 Å². The Labute approximate surface area is 185 Å². The zero-order valence-electron chi connectivity index (χ0n) is 18.2. The molecule has 0 atom stereocenters. The minimum absolute atomic E-state index is 0.0512. The van der Waals surface area contributed by atoms with Crippen molar-refractivity contribution < 1.29 is 13.2 Å². The van der Waals surface area contributed by atoms with Gasteiger partial charge in [-0.25, -0.2) is 8.42 Å². The van der Waals surface area contributed by atoms with Crippen LogP contribution in [0.2, 0.25) is 0 Å². The molecule has 2 N–H and O–H groups in total. The van der Waals surface area contributed by atoms with E-state index in [9.17, 15) is 13.2 Å². The summed E-state index contributed by atoms with van der Waals surface area (Å²) in [7, 11) is -3.27. The molecule has 0 aromatic heterocycles. The van der Waals surface area contributed by atoms with E-state index in [0.29, 0.717) is 11.6 Å². The van der Waals surface area contributed by atoms with Gasteiger partial charge in [0.15, 0.2) is 0 Å². The molecule has 1 aromatic carbocycles. The van der Waals surface area contributed by atoms with Crippen LogP contribution < -0.4 is 14.9 Å². The van der Waals surface area contributed by atoms with Crippen molar-refractivity contribution in [3.63, 3.8) is 0 Å². The minimum atomic E-state index is -3.27. The molecule has 1 aromatic rings. The number of nitrogens with one attached hydrogen (secondary N) is 2. The van der Waals surface area contributed by atoms with E-state index >= 15 is 0 Å². The second kappa shape index (κ2) is 10.8. The van der Waals surface area contributed by atoms with E-state index < -0.39 is 10.0 Å². The predicted molar refractivity (Wildman–Crippen MR) is 122 cm³/mol. The first-order valence-corrected chi connectivity index (χ1v) is 12.9. The van der Waals surface area contributed by atoms with Crippen LogP contribution in [-0.2, 0) is 14.8 Å². The zero-order chi connectivity index (χ0) is 22.3. The summed E-state index contributed by atoms with van der Waals surface area (Å²) in [6, 6.07) is 9.70. The first-order chi connectivity index (χ1) is 14.8. The molecule has 1 amide bonds. The lowest BCUT2D eigenvalue weighted by molar-refractivity contribution is -0.121. The van der Waals surface area contributed by atoms with Crippen molar-refractivity contribution in [3.8, 4) is 6.07 Å². The van der Waals surface area contributed by atoms with Crippen LogP contribution in [0.25, 0.3) is 0 Å². The van der Waals surface area contributed by atoms with Gasteiger partial charge in [-0.2, -0.15) is 5.26 Å². The Balaban J connectivity index is 1.37. The highest BCUT2D eigenvalue weighted by atomic mass is 32.2. The highest BCUT2D eigenvalue weighted by Crippen LogP contribution is 2.28. The number of nitriles is 1. The molecule has 2 aliphatic rings. The Bertz CT molecular complexity index is 883. The van der Waals surface area contributed by atoms with Gasteiger partial charge >= 0.3 is 0 Å². The van der Waals surface area contributed by atoms with Gasteiger partial charge < -0.3 is 10.2 Å². The van der Waals surface area contributed by atoms with Crippen LogP contribution in [0, 0.1) is 17.2 Å². The van der Waals surface area contributed by atoms with E-state index in [1.165, 1.54) is 6.42 Å². The maximum Gasteiger partial charge on any atom is 0.234 e. The van der Waals surface area contributed by atoms with E-state index in [1.807, 2.05) is 24.3 Å². The van der Waals surface area contributed by atoms with Gasteiger partial charge in [0, 0.05) is 37.9 Å². The van der Waals surface area contributed by atoms with Crippen molar-refractivity contribution in [1.29, 1.82) is 5.26 Å². The van der Waals surface area contributed by atoms with E-state index in [-0.39, 0.29) is 18.4 Å². The van der Waals surface area contributed by atoms with Gasteiger partial charge in [0.2, 0.25) is 15.9 Å². The smallest absolute Gasteiger partial charge is 0.234 e. The van der Waals surface area contributed by atoms with Crippen molar-refractivity contribution in [2.45, 2.75) is 44.6 Å². The van der Waals surface area contributed by atoms with Crippen molar-refractivity contribution in [2.24, 2.45) is 5.92 Å². The summed E-state index contributed by atoms with van der Waals surface area (Å²) in [5.74, 6) is 0.558. The number of amides is 1. The number of hydrogen-bond donors (Lipinski definition) is 2. The fourth-order valence-corrected chi connectivity index (χ4v) is 5.08. The normalized spacial score (nSPS) is 22.5. The SMILES string of the molecule is CS(=O)(=O)Nc1cccc(N2CCN(CCC3CCC(NC(=O)CC#N)CC3)CC2)c1. The molecule has 1 saturated heterocycles. The molecule has 9 heteroatoms. The topological polar surface area (TPSA) is 106 Å². The molecule has 31 heavy (non-hydrogen) atoms. The lowest BCUT2D eigenvalue weighted by Gasteiger charge is -2.37. The Morgan fingerprint density at radius 2 is 1.87 bits per heavy atom. The Morgan fingerprint density at radius 1 is 1.16 bits per heavy atom. The van der Waals surface area contributed by atoms with E-state index in [4.69, 9.17) is 5.26 Å². The summed E-state index contributed by atoms with van der Waals surface area (Å²) in [6.07, 6.45) is 6.59. The number of carbonyl (C=O) groups excluding carboxylic acids is 1. The van der Waals surface area contributed by atoms with Crippen molar-refractivity contribution in [1.82, 2.24) is 10.2 Å². The fourth-order valence-electron chi connectivity index (χ4n) is 4.52. The van der Waals surface area contributed by atoms with Crippen LogP contribution in [0.4, 0.5) is 11.4 Å². The monoisotopic (exact) mass is 447 g/mol. The number of rotatable bonds is 8. The average molecular weight is 448 g/mol. The average Bonchev–Trinajstić information content (AvgIpc) is 2.73. The molecular weight excluding hydrogens is 414 g/mol. The number of sulfonamides is 1. The van der Waals surface area contributed by atoms with Crippen molar-refractivity contribution >= 4 is 27.3 Å². The molecule has 3 rings (SSSR count). The molecule has 1 heterocycles. The van der Waals surface area contributed by atoms with Gasteiger partial charge in [-0.15, -0.1) is 0 Å². The quantitative estimate of drug-likeness (QED) is 0.633. The fraction of sp³-hybridized carbons (Fsp3) is 0.636. The number of hydrogen-bond acceptors (Lipinski definition) is 6. The zero-order valence-corrected chi connectivity index (χ0v) is 19.0. The van der Waals surface area contributed by atoms with Gasteiger partial charge in [-0.05, 0) is 62.8 Å². The maximum absolute atomic E-state index is 11.6. The number of piperazine rings is 1. The molecule has 2 fully saturated rings. The molecule has 0 unspecified atom stereocenters. The third kappa shape index (κ3) is 7.71. The molecular formula is C22H33N5O3S. The van der Waals surface area contributed by atoms with Gasteiger partial charge in [0.05, 0.1) is 18.0 Å². The third-order valence-electron chi connectivity index (χ3n) is 6.19. The van der Waals surface area contributed by atoms with Crippen LogP contribution >= 0.6 is 0 Å². The lowest BCUT2D eigenvalue weighted by Crippen LogP contribution is -2.47. The summed E-state index contributed by atoms with van der Waals surface area (Å²) in [4.78, 5) is 16.4. The second-order valence-electron chi connectivity index (χ2n) is 8.66. The van der Waals surface area contributed by atoms with Crippen LogP contribution in [0.1, 0.15) is 38.5 Å². The molecule has 0 spiro atoms. The number of benzene rings is 1. The second-order valence-corrected chi connectivity index (χ2v) is 10.4. The summed E-state index contributed by atoms with van der Waals surface area (Å²) in [5.41, 5.74) is 1.65. The standard InChI is InChI=1S/C22H33N5O3S/c1-31(29,30)25-20-3-2-4-21(17-20)27-15-13-26(14-16-27)12-10-18-5-7-19(8-6-18)24-22(28)9-11-23/h2-4,17-19,25H,5-10,12-16H2,1H3,(H,24,28). The Hall–Kier alpha value is -2.31. The van der Waals surface area contributed by atoms with Gasteiger partial charge in [0.25, 0.3) is 0 Å². The maximum atomic E-state index is 11.6. The van der Waals surface area contributed by atoms with E-state index in [2.05, 4.69) is 19.8 Å².